The van der Waals surface area contributed by atoms with Gasteiger partial charge >= 0.3 is 0 Å². The maximum Gasteiger partial charge on any atom is 0.240 e. The lowest BCUT2D eigenvalue weighted by molar-refractivity contribution is 0.491. The zero-order chi connectivity index (χ0) is 13.8. The van der Waals surface area contributed by atoms with Crippen molar-refractivity contribution in [2.75, 3.05) is 18.9 Å². The molecule has 0 aromatic heterocycles. The molecule has 0 unspecified atom stereocenters. The molecule has 0 atom stereocenters. The second-order valence-corrected chi connectivity index (χ2v) is 6.79. The monoisotopic (exact) mass is 271 g/mol. The summed E-state index contributed by atoms with van der Waals surface area (Å²) in [6.45, 7) is 4.61. The van der Waals surface area contributed by atoms with Crippen molar-refractivity contribution in [1.82, 2.24) is 4.72 Å². The van der Waals surface area contributed by atoms with Crippen LogP contribution < -0.4 is 15.8 Å². The van der Waals surface area contributed by atoms with Crippen LogP contribution in [0.3, 0.4) is 0 Å². The maximum atomic E-state index is 11.6. The highest BCUT2D eigenvalue weighted by atomic mass is 32.2. The number of nitrogens with one attached hydrogen (secondary N) is 2. The molecule has 0 aliphatic rings. The van der Waals surface area contributed by atoms with Crippen LogP contribution in [-0.2, 0) is 10.0 Å². The predicted molar refractivity (Wildman–Crippen MR) is 74.1 cm³/mol. The SMILES string of the molecule is CNS(=O)(=O)c1cccc(NCCC(C)(C)N)c1. The number of benzene rings is 1. The van der Waals surface area contributed by atoms with Gasteiger partial charge in [0.15, 0.2) is 0 Å². The van der Waals surface area contributed by atoms with Crippen molar-refractivity contribution in [2.24, 2.45) is 5.73 Å². The average molecular weight is 271 g/mol. The molecule has 0 saturated carbocycles. The Kier molecular flexibility index (Phi) is 4.72. The summed E-state index contributed by atoms with van der Waals surface area (Å²) in [6, 6.07) is 6.71. The molecular weight excluding hydrogens is 250 g/mol. The van der Waals surface area contributed by atoms with Gasteiger partial charge in [-0.25, -0.2) is 13.1 Å². The van der Waals surface area contributed by atoms with Crippen molar-refractivity contribution in [3.05, 3.63) is 24.3 Å². The van der Waals surface area contributed by atoms with Crippen LogP contribution in [0.25, 0.3) is 0 Å². The minimum atomic E-state index is -3.39. The van der Waals surface area contributed by atoms with Crippen LogP contribution in [0.1, 0.15) is 20.3 Å². The van der Waals surface area contributed by atoms with Crippen molar-refractivity contribution in [3.8, 4) is 0 Å². The van der Waals surface area contributed by atoms with E-state index in [4.69, 9.17) is 5.73 Å². The zero-order valence-corrected chi connectivity index (χ0v) is 11.8. The molecule has 6 heteroatoms. The van der Waals surface area contributed by atoms with Crippen molar-refractivity contribution in [3.63, 3.8) is 0 Å². The van der Waals surface area contributed by atoms with Crippen molar-refractivity contribution in [2.45, 2.75) is 30.7 Å². The van der Waals surface area contributed by atoms with E-state index >= 15 is 0 Å². The summed E-state index contributed by atoms with van der Waals surface area (Å²) in [5.74, 6) is 0. The van der Waals surface area contributed by atoms with E-state index in [2.05, 4.69) is 10.0 Å². The topological polar surface area (TPSA) is 84.2 Å². The minimum absolute atomic E-state index is 0.234. The zero-order valence-electron chi connectivity index (χ0n) is 11.0. The molecule has 0 aliphatic heterocycles. The van der Waals surface area contributed by atoms with Gasteiger partial charge in [0.25, 0.3) is 0 Å². The second kappa shape index (κ2) is 5.69. The summed E-state index contributed by atoms with van der Waals surface area (Å²) in [5, 5.41) is 3.17. The highest BCUT2D eigenvalue weighted by Crippen LogP contribution is 2.15. The number of nitrogens with two attached hydrogens (primary N) is 1. The van der Waals surface area contributed by atoms with E-state index in [1.165, 1.54) is 7.05 Å². The number of hydrogen-bond acceptors (Lipinski definition) is 4. The van der Waals surface area contributed by atoms with Crippen molar-refractivity contribution in [1.29, 1.82) is 0 Å². The predicted octanol–water partition coefficient (Wildman–Crippen LogP) is 1.13. The average Bonchev–Trinajstić information content (AvgIpc) is 2.28. The number of sulfonamides is 1. The Labute approximate surface area is 109 Å². The van der Waals surface area contributed by atoms with Crippen LogP contribution in [0.15, 0.2) is 29.2 Å². The Balaban J connectivity index is 2.72. The van der Waals surface area contributed by atoms with Gasteiger partial charge in [-0.2, -0.15) is 0 Å². The third-order valence-corrected chi connectivity index (χ3v) is 3.92. The fourth-order valence-electron chi connectivity index (χ4n) is 1.42. The lowest BCUT2D eigenvalue weighted by Gasteiger charge is -2.18. The van der Waals surface area contributed by atoms with E-state index in [0.717, 1.165) is 12.1 Å². The minimum Gasteiger partial charge on any atom is -0.385 e. The molecule has 5 nitrogen and oxygen atoms in total. The molecule has 0 bridgehead atoms. The third-order valence-electron chi connectivity index (χ3n) is 2.51. The first-order chi connectivity index (χ1) is 8.24. The maximum absolute atomic E-state index is 11.6. The molecule has 0 aliphatic carbocycles. The molecule has 1 aromatic rings. The Morgan fingerprint density at radius 1 is 1.33 bits per heavy atom. The molecule has 0 fully saturated rings. The molecule has 0 amide bonds. The van der Waals surface area contributed by atoms with Crippen LogP contribution in [0.4, 0.5) is 5.69 Å². The summed E-state index contributed by atoms with van der Waals surface area (Å²) in [5.41, 5.74) is 6.41. The Bertz CT molecular complexity index is 492. The largest absolute Gasteiger partial charge is 0.385 e. The second-order valence-electron chi connectivity index (χ2n) is 4.90. The van der Waals surface area contributed by atoms with E-state index < -0.39 is 10.0 Å². The van der Waals surface area contributed by atoms with Gasteiger partial charge in [-0.3, -0.25) is 0 Å². The van der Waals surface area contributed by atoms with E-state index in [1.807, 2.05) is 19.9 Å². The molecule has 0 heterocycles. The van der Waals surface area contributed by atoms with Crippen molar-refractivity contribution >= 4 is 15.7 Å². The van der Waals surface area contributed by atoms with E-state index in [1.54, 1.807) is 18.2 Å². The number of anilines is 1. The van der Waals surface area contributed by atoms with Crippen LogP contribution >= 0.6 is 0 Å². The summed E-state index contributed by atoms with van der Waals surface area (Å²) >= 11 is 0. The summed E-state index contributed by atoms with van der Waals surface area (Å²) in [4.78, 5) is 0.252. The van der Waals surface area contributed by atoms with E-state index in [-0.39, 0.29) is 10.4 Å². The molecule has 18 heavy (non-hydrogen) atoms. The normalized spacial score (nSPS) is 12.4. The first kappa shape index (κ1) is 14.9. The van der Waals surface area contributed by atoms with Gasteiger partial charge in [-0.05, 0) is 45.5 Å². The molecule has 1 rings (SSSR count). The fraction of sp³-hybridized carbons (Fsp3) is 0.500. The van der Waals surface area contributed by atoms with Gasteiger partial charge in [0, 0.05) is 17.8 Å². The Hall–Kier alpha value is -1.11. The number of hydrogen-bond donors (Lipinski definition) is 3. The van der Waals surface area contributed by atoms with E-state index in [0.29, 0.717) is 6.54 Å². The molecule has 0 radical (unpaired) electrons. The summed E-state index contributed by atoms with van der Waals surface area (Å²) in [6.07, 6.45) is 0.802. The first-order valence-electron chi connectivity index (χ1n) is 5.81. The van der Waals surface area contributed by atoms with Gasteiger partial charge in [0.2, 0.25) is 10.0 Å². The Morgan fingerprint density at radius 2 is 2.00 bits per heavy atom. The fourth-order valence-corrected chi connectivity index (χ4v) is 2.20. The molecule has 0 saturated heterocycles. The lowest BCUT2D eigenvalue weighted by Crippen LogP contribution is -2.34. The van der Waals surface area contributed by atoms with Crippen LogP contribution in [0.5, 0.6) is 0 Å². The van der Waals surface area contributed by atoms with E-state index in [9.17, 15) is 8.42 Å². The standard InChI is InChI=1S/C12H21N3O2S/c1-12(2,13)7-8-15-10-5-4-6-11(9-10)18(16,17)14-3/h4-6,9,14-15H,7-8,13H2,1-3H3. The molecule has 1 aromatic carbocycles. The quantitative estimate of drug-likeness (QED) is 0.724. The molecule has 0 spiro atoms. The molecule has 4 N–H and O–H groups in total. The first-order valence-corrected chi connectivity index (χ1v) is 7.29. The van der Waals surface area contributed by atoms with Gasteiger partial charge in [0.1, 0.15) is 0 Å². The van der Waals surface area contributed by atoms with Gasteiger partial charge in [-0.15, -0.1) is 0 Å². The molecule has 102 valence electrons. The highest BCUT2D eigenvalue weighted by Gasteiger charge is 2.12. The smallest absolute Gasteiger partial charge is 0.240 e. The Morgan fingerprint density at radius 3 is 2.56 bits per heavy atom. The lowest BCUT2D eigenvalue weighted by atomic mass is 10.0. The van der Waals surface area contributed by atoms with Gasteiger partial charge in [0.05, 0.1) is 4.90 Å². The van der Waals surface area contributed by atoms with Crippen LogP contribution in [0.2, 0.25) is 0 Å². The van der Waals surface area contributed by atoms with Crippen LogP contribution in [0, 0.1) is 0 Å². The summed E-state index contributed by atoms with van der Waals surface area (Å²) < 4.78 is 25.5. The molecular formula is C12H21N3O2S. The highest BCUT2D eigenvalue weighted by molar-refractivity contribution is 7.89. The number of rotatable bonds is 6. The van der Waals surface area contributed by atoms with Crippen LogP contribution in [-0.4, -0.2) is 27.5 Å². The van der Waals surface area contributed by atoms with Gasteiger partial charge in [-0.1, -0.05) is 6.07 Å². The third kappa shape index (κ3) is 4.64. The van der Waals surface area contributed by atoms with Crippen molar-refractivity contribution < 1.29 is 8.42 Å². The van der Waals surface area contributed by atoms with Gasteiger partial charge < -0.3 is 11.1 Å². The summed E-state index contributed by atoms with van der Waals surface area (Å²) in [7, 11) is -1.99.